The van der Waals surface area contributed by atoms with Gasteiger partial charge in [-0.2, -0.15) is 0 Å². The SMILES string of the molecule is COc1ccc(NC(=O)N(CC23CC4CC(CC(C4)C2)C3)C[C@]2(O)CC[C@H]3c4ccc(cc4C(=O)c4ccco4)C[C@@H](O)CCC(C)=CCC[C@@]32C)cc1. The van der Waals surface area contributed by atoms with Gasteiger partial charge < -0.3 is 29.6 Å². The van der Waals surface area contributed by atoms with Crippen LogP contribution >= 0.6 is 0 Å². The van der Waals surface area contributed by atoms with Crippen LogP contribution in [0.3, 0.4) is 0 Å². The molecule has 1 aromatic heterocycles. The lowest BCUT2D eigenvalue weighted by Gasteiger charge is -2.58. The molecule has 3 N–H and O–H groups in total. The standard InChI is InChI=1S/C46H58N2O6/c1-30-6-4-17-44(2)40(38-15-9-31(23-36(49)12-8-30)24-39(38)42(50)41-7-5-19-54-41)16-18-46(44,52)29-48(43(51)47-35-10-13-37(53-3)14-11-35)28-45-25-32-20-33(26-45)22-34(21-32)27-45/h5-7,9-11,13-15,19,24,32-34,36,40,49,52H,4,8,12,16-18,20-23,25-29H2,1-3H3,(H,47,51)/t32?,33?,34?,36-,40-,44-,45?,46+/m0/s1. The number of anilines is 1. The molecule has 7 aliphatic carbocycles. The van der Waals surface area contributed by atoms with Crippen molar-refractivity contribution in [2.75, 3.05) is 25.5 Å². The van der Waals surface area contributed by atoms with E-state index < -0.39 is 17.1 Å². The summed E-state index contributed by atoms with van der Waals surface area (Å²) in [6.07, 6.45) is 15.2. The molecule has 0 unspecified atom stereocenters. The predicted molar refractivity (Wildman–Crippen MR) is 210 cm³/mol. The molecule has 5 fully saturated rings. The third-order valence-electron chi connectivity index (χ3n) is 14.4. The summed E-state index contributed by atoms with van der Waals surface area (Å²) in [5.74, 6) is 2.90. The van der Waals surface area contributed by atoms with Crippen molar-refractivity contribution in [3.05, 3.63) is 95.0 Å². The van der Waals surface area contributed by atoms with Crippen molar-refractivity contribution >= 4 is 17.5 Å². The van der Waals surface area contributed by atoms with Gasteiger partial charge in [-0.05, 0) is 173 Å². The average molecular weight is 735 g/mol. The van der Waals surface area contributed by atoms with Crippen LogP contribution in [0, 0.1) is 28.6 Å². The van der Waals surface area contributed by atoms with Crippen molar-refractivity contribution in [2.24, 2.45) is 28.6 Å². The quantitative estimate of drug-likeness (QED) is 0.157. The molecule has 4 atom stereocenters. The Bertz CT molecular complexity index is 1830. The maximum atomic E-state index is 14.6. The number of furan rings is 1. The smallest absolute Gasteiger partial charge is 0.321 e. The number of aliphatic hydroxyl groups excluding tert-OH is 1. The number of hydrogen-bond acceptors (Lipinski definition) is 6. The third-order valence-corrected chi connectivity index (χ3v) is 14.4. The Morgan fingerprint density at radius 2 is 1.69 bits per heavy atom. The average Bonchev–Trinajstić information content (AvgIpc) is 3.76. The van der Waals surface area contributed by atoms with E-state index in [1.165, 1.54) is 31.1 Å². The highest BCUT2D eigenvalue weighted by Crippen LogP contribution is 2.62. The molecule has 8 nitrogen and oxygen atoms in total. The van der Waals surface area contributed by atoms with Crippen LogP contribution in [-0.2, 0) is 6.42 Å². The Balaban J connectivity index is 1.17. The third kappa shape index (κ3) is 7.16. The number of fused-ring (bicyclic) bond motifs is 8. The van der Waals surface area contributed by atoms with Crippen molar-refractivity contribution in [1.29, 1.82) is 0 Å². The van der Waals surface area contributed by atoms with Crippen LogP contribution in [-0.4, -0.2) is 58.8 Å². The summed E-state index contributed by atoms with van der Waals surface area (Å²) in [4.78, 5) is 30.7. The molecule has 1 heterocycles. The Kier molecular flexibility index (Phi) is 10.1. The van der Waals surface area contributed by atoms with Crippen molar-refractivity contribution < 1.29 is 29.0 Å². The monoisotopic (exact) mass is 734 g/mol. The largest absolute Gasteiger partial charge is 0.497 e. The summed E-state index contributed by atoms with van der Waals surface area (Å²) in [5.41, 5.74) is 2.52. The highest BCUT2D eigenvalue weighted by molar-refractivity contribution is 6.08. The van der Waals surface area contributed by atoms with Crippen LogP contribution in [0.4, 0.5) is 10.5 Å². The van der Waals surface area contributed by atoms with Crippen LogP contribution in [0.1, 0.15) is 124 Å². The molecule has 6 bridgehead atoms. The minimum atomic E-state index is -1.21. The molecule has 3 aromatic rings. The summed E-state index contributed by atoms with van der Waals surface area (Å²) >= 11 is 0. The van der Waals surface area contributed by atoms with E-state index in [-0.39, 0.29) is 35.5 Å². The van der Waals surface area contributed by atoms with Gasteiger partial charge in [0.2, 0.25) is 5.78 Å². The van der Waals surface area contributed by atoms with Gasteiger partial charge in [0, 0.05) is 23.2 Å². The predicted octanol–water partition coefficient (Wildman–Crippen LogP) is 9.31. The number of carbonyl (C=O) groups excluding carboxylic acids is 2. The lowest BCUT2D eigenvalue weighted by molar-refractivity contribution is -0.0975. The molecule has 2 amide bonds. The van der Waals surface area contributed by atoms with E-state index in [2.05, 4.69) is 31.3 Å². The molecule has 5 saturated carbocycles. The number of hydrogen-bond donors (Lipinski definition) is 3. The molecular weight excluding hydrogens is 677 g/mol. The number of allylic oxidation sites excluding steroid dienone is 2. The fourth-order valence-corrected chi connectivity index (χ4v) is 12.0. The van der Waals surface area contributed by atoms with Crippen molar-refractivity contribution in [2.45, 2.75) is 115 Å². The van der Waals surface area contributed by atoms with Gasteiger partial charge in [-0.1, -0.05) is 30.7 Å². The van der Waals surface area contributed by atoms with Gasteiger partial charge in [0.15, 0.2) is 5.76 Å². The zero-order chi connectivity index (χ0) is 37.7. The van der Waals surface area contributed by atoms with E-state index in [1.807, 2.05) is 41.3 Å². The first kappa shape index (κ1) is 37.1. The number of aliphatic hydroxyl groups is 2. The number of carbonyl (C=O) groups is 2. The van der Waals surface area contributed by atoms with Gasteiger partial charge in [0.05, 0.1) is 31.6 Å². The van der Waals surface area contributed by atoms with Gasteiger partial charge in [0.1, 0.15) is 5.75 Å². The fourth-order valence-electron chi connectivity index (χ4n) is 12.0. The van der Waals surface area contributed by atoms with Gasteiger partial charge in [0.25, 0.3) is 0 Å². The first-order chi connectivity index (χ1) is 25.9. The summed E-state index contributed by atoms with van der Waals surface area (Å²) in [5, 5.41) is 27.5. The number of benzene rings is 2. The molecule has 7 aliphatic rings. The van der Waals surface area contributed by atoms with Gasteiger partial charge in [-0.3, -0.25) is 4.79 Å². The van der Waals surface area contributed by atoms with E-state index in [0.29, 0.717) is 49.9 Å². The van der Waals surface area contributed by atoms with Crippen LogP contribution in [0.5, 0.6) is 5.75 Å². The Labute approximate surface area is 320 Å². The normalized spacial score (nSPS) is 33.1. The van der Waals surface area contributed by atoms with E-state index in [4.69, 9.17) is 9.15 Å². The number of ether oxygens (including phenoxy) is 1. The van der Waals surface area contributed by atoms with Crippen molar-refractivity contribution in [3.8, 4) is 5.75 Å². The molecule has 2 aromatic carbocycles. The molecule has 0 radical (unpaired) electrons. The van der Waals surface area contributed by atoms with E-state index in [0.717, 1.165) is 66.7 Å². The van der Waals surface area contributed by atoms with Gasteiger partial charge in [-0.25, -0.2) is 4.79 Å². The van der Waals surface area contributed by atoms with Crippen molar-refractivity contribution in [3.63, 3.8) is 0 Å². The minimum absolute atomic E-state index is 0.0768. The zero-order valence-corrected chi connectivity index (χ0v) is 32.3. The molecule has 288 valence electrons. The molecule has 10 rings (SSSR count). The molecule has 0 aliphatic heterocycles. The highest BCUT2D eigenvalue weighted by atomic mass is 16.5. The first-order valence-electron chi connectivity index (χ1n) is 20.4. The Hall–Kier alpha value is -3.88. The topological polar surface area (TPSA) is 112 Å². The van der Waals surface area contributed by atoms with Crippen LogP contribution in [0.25, 0.3) is 0 Å². The number of methoxy groups -OCH3 is 1. The van der Waals surface area contributed by atoms with Crippen LogP contribution in [0.2, 0.25) is 0 Å². The van der Waals surface area contributed by atoms with E-state index in [9.17, 15) is 19.8 Å². The zero-order valence-electron chi connectivity index (χ0n) is 32.3. The number of nitrogens with one attached hydrogen (secondary N) is 1. The van der Waals surface area contributed by atoms with Gasteiger partial charge in [-0.15, -0.1) is 0 Å². The minimum Gasteiger partial charge on any atom is -0.497 e. The first-order valence-corrected chi connectivity index (χ1v) is 20.4. The fraction of sp³-hybridized carbons (Fsp3) is 0.565. The van der Waals surface area contributed by atoms with Crippen molar-refractivity contribution in [1.82, 2.24) is 4.90 Å². The molecule has 54 heavy (non-hydrogen) atoms. The molecule has 8 heteroatoms. The lowest BCUT2D eigenvalue weighted by atomic mass is 9.49. The number of amides is 2. The second kappa shape index (κ2) is 14.6. The maximum absolute atomic E-state index is 14.6. The number of rotatable bonds is 8. The molecule has 0 saturated heterocycles. The summed E-state index contributed by atoms with van der Waals surface area (Å²) in [7, 11) is 1.63. The summed E-state index contributed by atoms with van der Waals surface area (Å²) in [6.45, 7) is 5.19. The highest BCUT2D eigenvalue weighted by Gasteiger charge is 2.59. The van der Waals surface area contributed by atoms with Gasteiger partial charge >= 0.3 is 6.03 Å². The van der Waals surface area contributed by atoms with Crippen LogP contribution in [0.15, 0.2) is 76.9 Å². The molecular formula is C46H58N2O6. The summed E-state index contributed by atoms with van der Waals surface area (Å²) in [6, 6.07) is 16.8. The van der Waals surface area contributed by atoms with E-state index in [1.54, 1.807) is 19.2 Å². The Morgan fingerprint density at radius 1 is 0.963 bits per heavy atom. The Morgan fingerprint density at radius 3 is 2.35 bits per heavy atom. The number of urea groups is 1. The summed E-state index contributed by atoms with van der Waals surface area (Å²) < 4.78 is 11.0. The lowest BCUT2D eigenvalue weighted by Crippen LogP contribution is -2.58. The number of ketones is 1. The van der Waals surface area contributed by atoms with Crippen LogP contribution < -0.4 is 10.1 Å². The van der Waals surface area contributed by atoms with E-state index >= 15 is 0 Å². The second-order valence-corrected chi connectivity index (χ2v) is 18.2. The maximum Gasteiger partial charge on any atom is 0.321 e. The number of nitrogens with zero attached hydrogens (tertiary/aromatic N) is 1. The second-order valence-electron chi connectivity index (χ2n) is 18.2. The molecule has 0 spiro atoms.